The van der Waals surface area contributed by atoms with Crippen LogP contribution in [-0.2, 0) is 3.86 Å². The zero-order valence-electron chi connectivity index (χ0n) is 28.5. The second-order valence-corrected chi connectivity index (χ2v) is 16.8. The molecule has 0 amide bonds. The van der Waals surface area contributed by atoms with E-state index in [1.165, 1.54) is 68.2 Å². The summed E-state index contributed by atoms with van der Waals surface area (Å²) in [6, 6.07) is 21.0. The standard InChI is InChI=1S/C39H55GeNO/c1-25(2)29-17-13-18-30(26(3)4)35(29)33-21-15-22-34(36-31(27(5)6)19-14-20-32(36)28(7)8)37(33)40-42-41-38(9,10)23-16-24-39(41,11)12/h13-15,17-22,25-28H,16,23-24H2,1-12H3. The Balaban J connectivity index is 2.05. The fourth-order valence-corrected chi connectivity index (χ4v) is 9.87. The SMILES string of the molecule is CC(C)c1cccc(C(C)C)c1-c1cccc(-c2c(C(C)C)cccc2C(C)C)[c]1[Ge][O]N1C(C)(C)CCCC1(C)C. The van der Waals surface area contributed by atoms with Crippen LogP contribution >= 0.6 is 0 Å². The summed E-state index contributed by atoms with van der Waals surface area (Å²) < 4.78 is 8.61. The van der Waals surface area contributed by atoms with Crippen molar-refractivity contribution in [2.75, 3.05) is 0 Å². The van der Waals surface area contributed by atoms with Gasteiger partial charge in [0.1, 0.15) is 0 Å². The van der Waals surface area contributed by atoms with Crippen LogP contribution in [0.5, 0.6) is 0 Å². The molecule has 1 aliphatic heterocycles. The maximum atomic E-state index is 7.18. The van der Waals surface area contributed by atoms with Crippen LogP contribution in [0.15, 0.2) is 54.6 Å². The molecule has 0 unspecified atom stereocenters. The van der Waals surface area contributed by atoms with Gasteiger partial charge in [0, 0.05) is 0 Å². The van der Waals surface area contributed by atoms with Crippen LogP contribution in [0.3, 0.4) is 0 Å². The zero-order valence-corrected chi connectivity index (χ0v) is 30.6. The molecule has 1 aliphatic rings. The first-order valence-electron chi connectivity index (χ1n) is 16.3. The van der Waals surface area contributed by atoms with Crippen LogP contribution in [0, 0.1) is 0 Å². The van der Waals surface area contributed by atoms with E-state index in [-0.39, 0.29) is 11.1 Å². The number of benzene rings is 3. The van der Waals surface area contributed by atoms with Crippen LogP contribution in [-0.4, -0.2) is 31.9 Å². The molecular weight excluding hydrogens is 571 g/mol. The number of nitrogens with zero attached hydrogens (tertiary/aromatic N) is 1. The van der Waals surface area contributed by atoms with E-state index in [1.54, 1.807) is 0 Å². The van der Waals surface area contributed by atoms with Gasteiger partial charge >= 0.3 is 265 Å². The minimum absolute atomic E-state index is 0.0121. The Kier molecular flexibility index (Phi) is 10.2. The third-order valence-corrected chi connectivity index (χ3v) is 11.4. The summed E-state index contributed by atoms with van der Waals surface area (Å²) in [5.74, 6) is 1.74. The average Bonchev–Trinajstić information content (AvgIpc) is 2.91. The molecule has 3 aromatic rings. The molecule has 42 heavy (non-hydrogen) atoms. The summed E-state index contributed by atoms with van der Waals surface area (Å²) in [7, 11) is 0. The Morgan fingerprint density at radius 2 is 0.905 bits per heavy atom. The molecule has 1 heterocycles. The van der Waals surface area contributed by atoms with E-state index in [0.29, 0.717) is 23.7 Å². The summed E-state index contributed by atoms with van der Waals surface area (Å²) in [5, 5.41) is 2.39. The van der Waals surface area contributed by atoms with Gasteiger partial charge in [-0.3, -0.25) is 0 Å². The van der Waals surface area contributed by atoms with Gasteiger partial charge in [0.25, 0.3) is 0 Å². The molecular formula is C39H55GeNO. The monoisotopic (exact) mass is 627 g/mol. The summed E-state index contributed by atoms with van der Waals surface area (Å²) >= 11 is -1.00. The van der Waals surface area contributed by atoms with Crippen molar-refractivity contribution in [3.8, 4) is 22.3 Å². The van der Waals surface area contributed by atoms with Gasteiger partial charge in [-0.1, -0.05) is 0 Å². The second-order valence-electron chi connectivity index (χ2n) is 14.9. The van der Waals surface area contributed by atoms with Crippen LogP contribution < -0.4 is 4.40 Å². The molecule has 2 radical (unpaired) electrons. The van der Waals surface area contributed by atoms with Crippen molar-refractivity contribution in [1.82, 2.24) is 5.06 Å². The first-order valence-corrected chi connectivity index (χ1v) is 18.2. The van der Waals surface area contributed by atoms with Gasteiger partial charge in [-0.25, -0.2) is 0 Å². The van der Waals surface area contributed by atoms with E-state index in [9.17, 15) is 0 Å². The molecule has 3 heteroatoms. The van der Waals surface area contributed by atoms with Gasteiger partial charge in [-0.05, 0) is 0 Å². The van der Waals surface area contributed by atoms with Crippen molar-refractivity contribution in [3.63, 3.8) is 0 Å². The molecule has 0 N–H and O–H groups in total. The van der Waals surface area contributed by atoms with Gasteiger partial charge < -0.3 is 0 Å². The van der Waals surface area contributed by atoms with E-state index < -0.39 is 15.8 Å². The first-order chi connectivity index (χ1) is 19.7. The Hall–Kier alpha value is -1.88. The van der Waals surface area contributed by atoms with E-state index in [2.05, 4.69) is 143 Å². The topological polar surface area (TPSA) is 12.5 Å². The van der Waals surface area contributed by atoms with Crippen molar-refractivity contribution in [2.24, 2.45) is 0 Å². The summed E-state index contributed by atoms with van der Waals surface area (Å²) in [4.78, 5) is 0. The number of rotatable bonds is 9. The summed E-state index contributed by atoms with van der Waals surface area (Å²) in [5.41, 5.74) is 11.4. The van der Waals surface area contributed by atoms with Gasteiger partial charge in [0.05, 0.1) is 0 Å². The zero-order chi connectivity index (χ0) is 31.0. The molecule has 0 aromatic heterocycles. The first kappa shape index (κ1) is 33.0. The molecule has 4 rings (SSSR count). The molecule has 1 fully saturated rings. The average molecular weight is 626 g/mol. The maximum absolute atomic E-state index is 7.18. The molecule has 0 bridgehead atoms. The molecule has 0 spiro atoms. The van der Waals surface area contributed by atoms with Crippen LogP contribution in [0.4, 0.5) is 0 Å². The molecule has 1 saturated heterocycles. The Morgan fingerprint density at radius 3 is 1.24 bits per heavy atom. The third-order valence-electron chi connectivity index (χ3n) is 9.26. The molecule has 226 valence electrons. The third kappa shape index (κ3) is 6.61. The molecule has 0 saturated carbocycles. The minimum atomic E-state index is -1.00. The van der Waals surface area contributed by atoms with Crippen molar-refractivity contribution in [3.05, 3.63) is 76.9 Å². The van der Waals surface area contributed by atoms with Crippen molar-refractivity contribution in [2.45, 2.75) is 137 Å². The fourth-order valence-electron chi connectivity index (χ4n) is 7.12. The summed E-state index contributed by atoms with van der Waals surface area (Å²) in [6.07, 6.45) is 3.58. The quantitative estimate of drug-likeness (QED) is 0.219. The van der Waals surface area contributed by atoms with Gasteiger partial charge in [0.15, 0.2) is 0 Å². The molecule has 3 aromatic carbocycles. The van der Waals surface area contributed by atoms with E-state index in [1.807, 2.05) is 0 Å². The Bertz CT molecular complexity index is 1230. The molecule has 0 aliphatic carbocycles. The van der Waals surface area contributed by atoms with Gasteiger partial charge in [-0.15, -0.1) is 0 Å². The predicted octanol–water partition coefficient (Wildman–Crippen LogP) is 10.7. The Morgan fingerprint density at radius 1 is 0.571 bits per heavy atom. The van der Waals surface area contributed by atoms with E-state index in [0.717, 1.165) is 0 Å². The normalized spacial score (nSPS) is 17.1. The second kappa shape index (κ2) is 13.0. The van der Waals surface area contributed by atoms with E-state index >= 15 is 0 Å². The number of hydroxylamine groups is 2. The number of hydrogen-bond acceptors (Lipinski definition) is 2. The Labute approximate surface area is 264 Å². The summed E-state index contributed by atoms with van der Waals surface area (Å²) in [6.45, 7) is 28.1. The van der Waals surface area contributed by atoms with Crippen LogP contribution in [0.2, 0.25) is 0 Å². The van der Waals surface area contributed by atoms with Gasteiger partial charge in [-0.2, -0.15) is 0 Å². The van der Waals surface area contributed by atoms with Crippen molar-refractivity contribution >= 4 is 20.2 Å². The van der Waals surface area contributed by atoms with Crippen molar-refractivity contribution in [1.29, 1.82) is 0 Å². The molecule has 0 atom stereocenters. The predicted molar refractivity (Wildman–Crippen MR) is 184 cm³/mol. The van der Waals surface area contributed by atoms with Crippen molar-refractivity contribution < 1.29 is 3.86 Å². The molecule has 2 nitrogen and oxygen atoms in total. The van der Waals surface area contributed by atoms with Crippen LogP contribution in [0.25, 0.3) is 22.3 Å². The fraction of sp³-hybridized carbons (Fsp3) is 0.538. The van der Waals surface area contributed by atoms with Crippen LogP contribution in [0.1, 0.15) is 148 Å². The number of hydrogen-bond donors (Lipinski definition) is 0. The number of piperidine rings is 1. The van der Waals surface area contributed by atoms with Gasteiger partial charge in [0.2, 0.25) is 0 Å². The van der Waals surface area contributed by atoms with E-state index in [4.69, 9.17) is 3.86 Å².